The van der Waals surface area contributed by atoms with E-state index in [-0.39, 0.29) is 49.2 Å². The summed E-state index contributed by atoms with van der Waals surface area (Å²) in [5.74, 6) is -2.41. The van der Waals surface area contributed by atoms with Crippen LogP contribution in [-0.2, 0) is 38.2 Å². The Bertz CT molecular complexity index is 692. The molecule has 10 nitrogen and oxygen atoms in total. The SMILES string of the molecule is CC(=O)CC(=O)OCC(C)(C)[C@H]1OC(=O)CCC(=O)SCCNC(=O)CCNC1=O. The highest BCUT2D eigenvalue weighted by Crippen LogP contribution is 2.25. The third kappa shape index (κ3) is 9.86. The number of rotatable bonds is 5. The van der Waals surface area contributed by atoms with E-state index in [9.17, 15) is 28.8 Å². The highest BCUT2D eigenvalue weighted by Gasteiger charge is 2.40. The molecule has 1 atom stereocenters. The van der Waals surface area contributed by atoms with E-state index >= 15 is 0 Å². The lowest BCUT2D eigenvalue weighted by Gasteiger charge is -2.32. The topological polar surface area (TPSA) is 145 Å². The van der Waals surface area contributed by atoms with Crippen LogP contribution in [0.1, 0.15) is 46.5 Å². The van der Waals surface area contributed by atoms with E-state index in [0.29, 0.717) is 12.3 Å². The lowest BCUT2D eigenvalue weighted by molar-refractivity contribution is -0.169. The maximum atomic E-state index is 12.7. The average Bonchev–Trinajstić information content (AvgIpc) is 2.65. The maximum absolute atomic E-state index is 12.7. The fourth-order valence-electron chi connectivity index (χ4n) is 2.47. The Balaban J connectivity index is 2.90. The zero-order valence-electron chi connectivity index (χ0n) is 17.4. The molecule has 168 valence electrons. The van der Waals surface area contributed by atoms with Crippen molar-refractivity contribution in [3.05, 3.63) is 0 Å². The molecule has 2 amide bonds. The van der Waals surface area contributed by atoms with Gasteiger partial charge in [-0.3, -0.25) is 28.8 Å². The van der Waals surface area contributed by atoms with Gasteiger partial charge in [-0.05, 0) is 6.92 Å². The minimum atomic E-state index is -1.33. The van der Waals surface area contributed by atoms with Crippen molar-refractivity contribution in [3.63, 3.8) is 0 Å². The Hall–Kier alpha value is -2.43. The number of thioether (sulfide) groups is 1. The molecule has 1 rings (SSSR count). The number of amides is 2. The van der Waals surface area contributed by atoms with Crippen molar-refractivity contribution in [2.45, 2.75) is 52.6 Å². The second kappa shape index (κ2) is 12.3. The first-order valence-corrected chi connectivity index (χ1v) is 10.5. The lowest BCUT2D eigenvalue weighted by atomic mass is 9.86. The van der Waals surface area contributed by atoms with E-state index in [0.717, 1.165) is 11.8 Å². The second-order valence-electron chi connectivity index (χ2n) is 7.51. The molecule has 0 bridgehead atoms. The van der Waals surface area contributed by atoms with Gasteiger partial charge in [0.1, 0.15) is 18.8 Å². The van der Waals surface area contributed by atoms with Gasteiger partial charge in [0.25, 0.3) is 5.91 Å². The standard InChI is InChI=1S/C19H28N2O8S/c1-12(22)10-15(25)28-11-19(2,3)17-18(27)21-7-6-13(23)20-8-9-30-16(26)5-4-14(24)29-17/h17H,4-11H2,1-3H3,(H,20,23)(H,21,27)/t17-/m0/s1. The number of ketones is 1. The zero-order valence-corrected chi connectivity index (χ0v) is 18.2. The monoisotopic (exact) mass is 444 g/mol. The molecule has 0 unspecified atom stereocenters. The van der Waals surface area contributed by atoms with Crippen LogP contribution in [0.15, 0.2) is 0 Å². The Morgan fingerprint density at radius 1 is 1.10 bits per heavy atom. The van der Waals surface area contributed by atoms with Crippen molar-refractivity contribution < 1.29 is 38.2 Å². The van der Waals surface area contributed by atoms with Gasteiger partial charge in [-0.15, -0.1) is 0 Å². The van der Waals surface area contributed by atoms with Gasteiger partial charge in [-0.25, -0.2) is 0 Å². The molecule has 1 fully saturated rings. The van der Waals surface area contributed by atoms with Crippen LogP contribution in [0.2, 0.25) is 0 Å². The summed E-state index contributed by atoms with van der Waals surface area (Å²) in [7, 11) is 0. The summed E-state index contributed by atoms with van der Waals surface area (Å²) in [5.41, 5.74) is -1.12. The number of cyclic esters (lactones) is 1. The Morgan fingerprint density at radius 3 is 2.47 bits per heavy atom. The van der Waals surface area contributed by atoms with Crippen LogP contribution in [0.5, 0.6) is 0 Å². The highest BCUT2D eigenvalue weighted by atomic mass is 32.2. The summed E-state index contributed by atoms with van der Waals surface area (Å²) >= 11 is 1.01. The molecule has 0 aromatic carbocycles. The van der Waals surface area contributed by atoms with Crippen LogP contribution in [0.25, 0.3) is 0 Å². The quantitative estimate of drug-likeness (QED) is 0.446. The third-order valence-electron chi connectivity index (χ3n) is 4.07. The molecule has 30 heavy (non-hydrogen) atoms. The Kier molecular flexibility index (Phi) is 10.5. The molecular formula is C19H28N2O8S. The number of Topliss-reactive ketones (excluding diaryl/α,β-unsaturated/α-hetero) is 1. The Labute approximate surface area is 179 Å². The Morgan fingerprint density at radius 2 is 1.80 bits per heavy atom. The second-order valence-corrected chi connectivity index (χ2v) is 8.66. The number of carbonyl (C=O) groups is 6. The van der Waals surface area contributed by atoms with Gasteiger partial charge in [-0.1, -0.05) is 25.6 Å². The predicted octanol–water partition coefficient (Wildman–Crippen LogP) is 0.123. The first-order chi connectivity index (χ1) is 14.0. The molecule has 0 aromatic heterocycles. The molecule has 2 N–H and O–H groups in total. The van der Waals surface area contributed by atoms with E-state index in [2.05, 4.69) is 10.6 Å². The van der Waals surface area contributed by atoms with Crippen LogP contribution in [0.3, 0.4) is 0 Å². The van der Waals surface area contributed by atoms with Gasteiger partial charge >= 0.3 is 11.9 Å². The molecule has 11 heteroatoms. The van der Waals surface area contributed by atoms with E-state index < -0.39 is 35.8 Å². The lowest BCUT2D eigenvalue weighted by Crippen LogP contribution is -2.49. The number of esters is 2. The minimum Gasteiger partial charge on any atom is -0.465 e. The zero-order chi connectivity index (χ0) is 22.7. The first kappa shape index (κ1) is 25.6. The summed E-state index contributed by atoms with van der Waals surface area (Å²) < 4.78 is 10.4. The first-order valence-electron chi connectivity index (χ1n) is 9.56. The third-order valence-corrected chi connectivity index (χ3v) is 5.00. The highest BCUT2D eigenvalue weighted by molar-refractivity contribution is 8.13. The van der Waals surface area contributed by atoms with Crippen molar-refractivity contribution in [2.24, 2.45) is 5.41 Å². The molecule has 0 saturated carbocycles. The minimum absolute atomic E-state index is 0.0129. The van der Waals surface area contributed by atoms with Crippen molar-refractivity contribution in [2.75, 3.05) is 25.4 Å². The molecule has 0 aliphatic carbocycles. The van der Waals surface area contributed by atoms with Crippen molar-refractivity contribution >= 4 is 46.4 Å². The number of hydrogen-bond acceptors (Lipinski definition) is 9. The molecule has 0 aromatic rings. The van der Waals surface area contributed by atoms with E-state index in [4.69, 9.17) is 9.47 Å². The molecule has 1 heterocycles. The van der Waals surface area contributed by atoms with Crippen molar-refractivity contribution in [3.8, 4) is 0 Å². The van der Waals surface area contributed by atoms with Crippen LogP contribution >= 0.6 is 11.8 Å². The number of carbonyl (C=O) groups excluding carboxylic acids is 6. The van der Waals surface area contributed by atoms with Crippen molar-refractivity contribution in [1.82, 2.24) is 10.6 Å². The van der Waals surface area contributed by atoms with Crippen molar-refractivity contribution in [1.29, 1.82) is 0 Å². The number of ether oxygens (including phenoxy) is 2. The van der Waals surface area contributed by atoms with Gasteiger partial charge < -0.3 is 20.1 Å². The van der Waals surface area contributed by atoms with Gasteiger partial charge in [0.2, 0.25) is 5.91 Å². The van der Waals surface area contributed by atoms with E-state index in [1.807, 2.05) is 0 Å². The molecular weight excluding hydrogens is 416 g/mol. The van der Waals surface area contributed by atoms with Gasteiger partial charge in [0, 0.05) is 37.1 Å². The van der Waals surface area contributed by atoms with Crippen LogP contribution < -0.4 is 10.6 Å². The maximum Gasteiger partial charge on any atom is 0.313 e. The van der Waals surface area contributed by atoms with Gasteiger partial charge in [0.05, 0.1) is 6.42 Å². The van der Waals surface area contributed by atoms with Crippen LogP contribution in [0.4, 0.5) is 0 Å². The van der Waals surface area contributed by atoms with Crippen LogP contribution in [-0.4, -0.2) is 66.2 Å². The summed E-state index contributed by atoms with van der Waals surface area (Å²) in [4.78, 5) is 71.2. The predicted molar refractivity (Wildman–Crippen MR) is 107 cm³/mol. The molecule has 1 aliphatic rings. The summed E-state index contributed by atoms with van der Waals surface area (Å²) in [6, 6.07) is 0. The molecule has 0 radical (unpaired) electrons. The number of nitrogens with one attached hydrogen (secondary N) is 2. The van der Waals surface area contributed by atoms with Crippen LogP contribution in [0, 0.1) is 5.41 Å². The summed E-state index contributed by atoms with van der Waals surface area (Å²) in [6.45, 7) is 4.41. The normalized spacial score (nSPS) is 20.2. The fraction of sp³-hybridized carbons (Fsp3) is 0.684. The smallest absolute Gasteiger partial charge is 0.313 e. The largest absolute Gasteiger partial charge is 0.465 e. The van der Waals surface area contributed by atoms with Gasteiger partial charge in [0.15, 0.2) is 11.2 Å². The molecule has 0 spiro atoms. The molecule has 1 saturated heterocycles. The average molecular weight is 445 g/mol. The van der Waals surface area contributed by atoms with Gasteiger partial charge in [-0.2, -0.15) is 0 Å². The summed E-state index contributed by atoms with van der Waals surface area (Å²) in [6.07, 6.45) is -1.99. The van der Waals surface area contributed by atoms with E-state index in [1.54, 1.807) is 13.8 Å². The summed E-state index contributed by atoms with van der Waals surface area (Å²) in [5, 5.41) is 4.96. The van der Waals surface area contributed by atoms with E-state index in [1.165, 1.54) is 6.92 Å². The number of hydrogen-bond donors (Lipinski definition) is 2. The fourth-order valence-corrected chi connectivity index (χ4v) is 3.14. The molecule has 1 aliphatic heterocycles.